The number of anilines is 1. The number of carbonyl (C=O) groups is 1. The number of ether oxygens (including phenoxy) is 2. The molecule has 1 unspecified atom stereocenters. The Kier molecular flexibility index (Phi) is 4.61. The number of rotatable bonds is 5. The van der Waals surface area contributed by atoms with E-state index in [-0.39, 0.29) is 18.0 Å². The summed E-state index contributed by atoms with van der Waals surface area (Å²) in [6, 6.07) is 0. The first kappa shape index (κ1) is 14.4. The van der Waals surface area contributed by atoms with Crippen LogP contribution in [0.25, 0.3) is 0 Å². The summed E-state index contributed by atoms with van der Waals surface area (Å²) in [5, 5.41) is 0. The first-order valence-corrected chi connectivity index (χ1v) is 5.83. The summed E-state index contributed by atoms with van der Waals surface area (Å²) < 4.78 is 10.2. The Morgan fingerprint density at radius 3 is 2.61 bits per heavy atom. The van der Waals surface area contributed by atoms with Crippen LogP contribution in [0.1, 0.15) is 43.4 Å². The van der Waals surface area contributed by atoms with E-state index in [9.17, 15) is 4.79 Å². The number of hydrogen-bond donors (Lipinski definition) is 1. The number of esters is 1. The van der Waals surface area contributed by atoms with Crippen LogP contribution < -0.4 is 5.73 Å². The minimum atomic E-state index is -0.610. The molecule has 0 spiro atoms. The minimum Gasteiger partial charge on any atom is -0.462 e. The average molecular weight is 253 g/mol. The highest BCUT2D eigenvalue weighted by atomic mass is 16.5. The maximum absolute atomic E-state index is 11.6. The molecule has 6 heteroatoms. The molecule has 0 amide bonds. The molecule has 18 heavy (non-hydrogen) atoms. The van der Waals surface area contributed by atoms with Crippen LogP contribution in [0.4, 0.5) is 5.82 Å². The van der Waals surface area contributed by atoms with Crippen LogP contribution in [-0.2, 0) is 15.1 Å². The zero-order valence-electron chi connectivity index (χ0n) is 11.2. The van der Waals surface area contributed by atoms with Gasteiger partial charge < -0.3 is 15.2 Å². The molecule has 0 saturated heterocycles. The second-order valence-corrected chi connectivity index (χ2v) is 4.00. The fourth-order valence-corrected chi connectivity index (χ4v) is 1.41. The zero-order valence-corrected chi connectivity index (χ0v) is 11.2. The minimum absolute atomic E-state index is 0.107. The lowest BCUT2D eigenvalue weighted by Crippen LogP contribution is -2.27. The van der Waals surface area contributed by atoms with Crippen molar-refractivity contribution < 1.29 is 14.3 Å². The third-order valence-electron chi connectivity index (χ3n) is 2.91. The van der Waals surface area contributed by atoms with Gasteiger partial charge in [-0.2, -0.15) is 0 Å². The average Bonchev–Trinajstić information content (AvgIpc) is 2.37. The van der Waals surface area contributed by atoms with Gasteiger partial charge in [0.05, 0.1) is 6.61 Å². The van der Waals surface area contributed by atoms with E-state index < -0.39 is 11.6 Å². The molecule has 1 rings (SSSR count). The molecule has 0 aliphatic carbocycles. The Labute approximate surface area is 107 Å². The van der Waals surface area contributed by atoms with E-state index in [4.69, 9.17) is 15.2 Å². The molecule has 0 bridgehead atoms. The van der Waals surface area contributed by atoms with Gasteiger partial charge in [-0.3, -0.25) is 0 Å². The molecule has 0 aromatic carbocycles. The highest BCUT2D eigenvalue weighted by Crippen LogP contribution is 2.26. The molecule has 0 aliphatic heterocycles. The highest BCUT2D eigenvalue weighted by Gasteiger charge is 2.28. The Morgan fingerprint density at radius 2 is 2.17 bits per heavy atom. The van der Waals surface area contributed by atoms with Crippen molar-refractivity contribution in [3.05, 3.63) is 17.6 Å². The van der Waals surface area contributed by atoms with E-state index in [1.165, 1.54) is 6.20 Å². The number of nitrogen functional groups attached to an aromatic ring is 1. The molecule has 1 aromatic rings. The standard InChI is InChI=1S/C12H19N3O3/c1-5-12(3,17-4)11-14-7-8(9(13)15-11)10(16)18-6-2/h7H,5-6H2,1-4H3,(H2,13,14,15). The molecule has 0 fully saturated rings. The van der Waals surface area contributed by atoms with Crippen molar-refractivity contribution in [1.29, 1.82) is 0 Å². The summed E-state index contributed by atoms with van der Waals surface area (Å²) >= 11 is 0. The summed E-state index contributed by atoms with van der Waals surface area (Å²) in [6.07, 6.45) is 2.07. The second-order valence-electron chi connectivity index (χ2n) is 4.00. The molecule has 100 valence electrons. The predicted octanol–water partition coefficient (Wildman–Crippen LogP) is 1.51. The quantitative estimate of drug-likeness (QED) is 0.800. The summed E-state index contributed by atoms with van der Waals surface area (Å²) in [5.41, 5.74) is 5.32. The fraction of sp³-hybridized carbons (Fsp3) is 0.583. The summed E-state index contributed by atoms with van der Waals surface area (Å²) in [4.78, 5) is 19.8. The topological polar surface area (TPSA) is 87.3 Å². The van der Waals surface area contributed by atoms with E-state index in [1.807, 2.05) is 13.8 Å². The van der Waals surface area contributed by atoms with Gasteiger partial charge >= 0.3 is 5.97 Å². The van der Waals surface area contributed by atoms with Crippen LogP contribution in [0.15, 0.2) is 6.20 Å². The Balaban J connectivity index is 3.09. The monoisotopic (exact) mass is 253 g/mol. The lowest BCUT2D eigenvalue weighted by molar-refractivity contribution is -0.00894. The van der Waals surface area contributed by atoms with Crippen molar-refractivity contribution in [2.45, 2.75) is 32.8 Å². The Morgan fingerprint density at radius 1 is 1.50 bits per heavy atom. The van der Waals surface area contributed by atoms with Gasteiger partial charge in [-0.15, -0.1) is 0 Å². The Hall–Kier alpha value is -1.69. The van der Waals surface area contributed by atoms with Crippen LogP contribution >= 0.6 is 0 Å². The summed E-state index contributed by atoms with van der Waals surface area (Å²) in [6.45, 7) is 5.83. The largest absolute Gasteiger partial charge is 0.462 e. The maximum atomic E-state index is 11.6. The van der Waals surface area contributed by atoms with E-state index in [0.29, 0.717) is 12.2 Å². The van der Waals surface area contributed by atoms with Gasteiger partial charge in [0, 0.05) is 13.3 Å². The van der Waals surface area contributed by atoms with E-state index in [1.54, 1.807) is 14.0 Å². The van der Waals surface area contributed by atoms with Crippen molar-refractivity contribution in [2.75, 3.05) is 19.5 Å². The molecule has 0 saturated carbocycles. The summed E-state index contributed by atoms with van der Waals surface area (Å²) in [5.74, 6) is 0.0467. The maximum Gasteiger partial charge on any atom is 0.343 e. The third-order valence-corrected chi connectivity index (χ3v) is 2.91. The van der Waals surface area contributed by atoms with Crippen LogP contribution in [-0.4, -0.2) is 29.7 Å². The van der Waals surface area contributed by atoms with Crippen LogP contribution in [0, 0.1) is 0 Å². The van der Waals surface area contributed by atoms with Crippen molar-refractivity contribution in [3.8, 4) is 0 Å². The molecule has 2 N–H and O–H groups in total. The third kappa shape index (κ3) is 2.76. The lowest BCUT2D eigenvalue weighted by Gasteiger charge is -2.25. The Bertz CT molecular complexity index is 431. The number of carbonyl (C=O) groups excluding carboxylic acids is 1. The molecule has 0 aliphatic rings. The predicted molar refractivity (Wildman–Crippen MR) is 67.1 cm³/mol. The van der Waals surface area contributed by atoms with Gasteiger partial charge in [-0.05, 0) is 20.3 Å². The molecule has 0 radical (unpaired) electrons. The van der Waals surface area contributed by atoms with Gasteiger partial charge in [0.15, 0.2) is 5.82 Å². The number of hydrogen-bond acceptors (Lipinski definition) is 6. The normalized spacial score (nSPS) is 14.0. The van der Waals surface area contributed by atoms with Gasteiger partial charge in [-0.1, -0.05) is 6.92 Å². The van der Waals surface area contributed by atoms with Crippen LogP contribution in [0.2, 0.25) is 0 Å². The van der Waals surface area contributed by atoms with Crippen molar-refractivity contribution in [1.82, 2.24) is 9.97 Å². The van der Waals surface area contributed by atoms with Gasteiger partial charge in [0.2, 0.25) is 0 Å². The molecular weight excluding hydrogens is 234 g/mol. The smallest absolute Gasteiger partial charge is 0.343 e. The van der Waals surface area contributed by atoms with Crippen LogP contribution in [0.3, 0.4) is 0 Å². The number of aromatic nitrogens is 2. The summed E-state index contributed by atoms with van der Waals surface area (Å²) in [7, 11) is 1.59. The zero-order chi connectivity index (χ0) is 13.8. The van der Waals surface area contributed by atoms with E-state index in [2.05, 4.69) is 9.97 Å². The van der Waals surface area contributed by atoms with E-state index >= 15 is 0 Å². The molecule has 1 aromatic heterocycles. The number of nitrogens with two attached hydrogens (primary N) is 1. The number of methoxy groups -OCH3 is 1. The number of nitrogens with zero attached hydrogens (tertiary/aromatic N) is 2. The molecule has 1 atom stereocenters. The first-order valence-electron chi connectivity index (χ1n) is 5.83. The SMILES string of the molecule is CCOC(=O)c1cnc(C(C)(CC)OC)nc1N. The first-order chi connectivity index (χ1) is 8.48. The molecule has 1 heterocycles. The van der Waals surface area contributed by atoms with Gasteiger partial charge in [0.25, 0.3) is 0 Å². The highest BCUT2D eigenvalue weighted by molar-refractivity contribution is 5.93. The van der Waals surface area contributed by atoms with Gasteiger partial charge in [-0.25, -0.2) is 14.8 Å². The lowest BCUT2D eigenvalue weighted by atomic mass is 10.0. The second kappa shape index (κ2) is 5.77. The van der Waals surface area contributed by atoms with Crippen molar-refractivity contribution in [3.63, 3.8) is 0 Å². The van der Waals surface area contributed by atoms with Crippen molar-refractivity contribution >= 4 is 11.8 Å². The van der Waals surface area contributed by atoms with Crippen LogP contribution in [0.5, 0.6) is 0 Å². The van der Waals surface area contributed by atoms with Gasteiger partial charge in [0.1, 0.15) is 17.0 Å². The fourth-order valence-electron chi connectivity index (χ4n) is 1.41. The molecular formula is C12H19N3O3. The van der Waals surface area contributed by atoms with Crippen molar-refractivity contribution in [2.24, 2.45) is 0 Å². The van der Waals surface area contributed by atoms with E-state index in [0.717, 1.165) is 0 Å². The molecule has 6 nitrogen and oxygen atoms in total.